The smallest absolute Gasteiger partial charge is 0.329 e. The molecule has 1 aromatic carbocycles. The number of carbonyl (C=O) groups is 2. The van der Waals surface area contributed by atoms with E-state index in [1.54, 1.807) is 6.07 Å². The summed E-state index contributed by atoms with van der Waals surface area (Å²) in [5.74, 6) is -1.79. The zero-order valence-electron chi connectivity index (χ0n) is 9.78. The Morgan fingerprint density at radius 2 is 2.11 bits per heavy atom. The zero-order valence-corrected chi connectivity index (χ0v) is 9.78. The van der Waals surface area contributed by atoms with Gasteiger partial charge in [0.1, 0.15) is 11.4 Å². The third-order valence-electron chi connectivity index (χ3n) is 3.25. The Hall–Kier alpha value is -1.91. The molecule has 1 aliphatic rings. The SMILES string of the molecule is O=C(Cc1cccc(F)c1)NC1(C(=O)O)CCC1. The van der Waals surface area contributed by atoms with Gasteiger partial charge in [-0.25, -0.2) is 9.18 Å². The van der Waals surface area contributed by atoms with E-state index in [9.17, 15) is 14.0 Å². The third-order valence-corrected chi connectivity index (χ3v) is 3.25. The normalized spacial score (nSPS) is 16.7. The highest BCUT2D eigenvalue weighted by molar-refractivity contribution is 5.88. The molecule has 18 heavy (non-hydrogen) atoms. The first-order valence-corrected chi connectivity index (χ1v) is 5.81. The highest BCUT2D eigenvalue weighted by atomic mass is 19.1. The molecule has 0 spiro atoms. The molecule has 1 saturated carbocycles. The Morgan fingerprint density at radius 3 is 2.61 bits per heavy atom. The van der Waals surface area contributed by atoms with Gasteiger partial charge in [-0.1, -0.05) is 12.1 Å². The van der Waals surface area contributed by atoms with Crippen LogP contribution >= 0.6 is 0 Å². The van der Waals surface area contributed by atoms with Gasteiger partial charge in [0.2, 0.25) is 5.91 Å². The van der Waals surface area contributed by atoms with Crippen LogP contribution in [0.25, 0.3) is 0 Å². The van der Waals surface area contributed by atoms with E-state index in [1.165, 1.54) is 18.2 Å². The predicted octanol–water partition coefficient (Wildman–Crippen LogP) is 1.49. The molecule has 0 radical (unpaired) electrons. The highest BCUT2D eigenvalue weighted by Gasteiger charge is 2.45. The first-order valence-electron chi connectivity index (χ1n) is 5.81. The van der Waals surface area contributed by atoms with Gasteiger partial charge in [-0.15, -0.1) is 0 Å². The highest BCUT2D eigenvalue weighted by Crippen LogP contribution is 2.32. The van der Waals surface area contributed by atoms with E-state index in [1.807, 2.05) is 0 Å². The van der Waals surface area contributed by atoms with Crippen LogP contribution in [0.5, 0.6) is 0 Å². The number of hydrogen-bond donors (Lipinski definition) is 2. The average Bonchev–Trinajstić information content (AvgIpc) is 2.23. The van der Waals surface area contributed by atoms with Crippen molar-refractivity contribution in [3.05, 3.63) is 35.6 Å². The maximum absolute atomic E-state index is 12.9. The number of carbonyl (C=O) groups excluding carboxylic acids is 1. The summed E-state index contributed by atoms with van der Waals surface area (Å²) in [6.45, 7) is 0. The van der Waals surface area contributed by atoms with E-state index < -0.39 is 17.3 Å². The van der Waals surface area contributed by atoms with Crippen molar-refractivity contribution in [1.29, 1.82) is 0 Å². The second kappa shape index (κ2) is 4.76. The number of amides is 1. The first-order chi connectivity index (χ1) is 8.52. The van der Waals surface area contributed by atoms with Gasteiger partial charge in [0.15, 0.2) is 0 Å². The largest absolute Gasteiger partial charge is 0.480 e. The number of nitrogens with one attached hydrogen (secondary N) is 1. The van der Waals surface area contributed by atoms with Crippen molar-refractivity contribution >= 4 is 11.9 Å². The van der Waals surface area contributed by atoms with Gasteiger partial charge in [0.05, 0.1) is 6.42 Å². The van der Waals surface area contributed by atoms with Gasteiger partial charge in [0, 0.05) is 0 Å². The minimum absolute atomic E-state index is 0.00715. The summed E-state index contributed by atoms with van der Waals surface area (Å²) in [6.07, 6.45) is 1.70. The number of halogens is 1. The second-order valence-electron chi connectivity index (χ2n) is 4.60. The maximum Gasteiger partial charge on any atom is 0.329 e. The van der Waals surface area contributed by atoms with Crippen LogP contribution in [0.1, 0.15) is 24.8 Å². The van der Waals surface area contributed by atoms with Crippen molar-refractivity contribution in [3.63, 3.8) is 0 Å². The summed E-state index contributed by atoms with van der Waals surface area (Å²) >= 11 is 0. The number of aliphatic carboxylic acids is 1. The van der Waals surface area contributed by atoms with Crippen LogP contribution in [0.15, 0.2) is 24.3 Å². The van der Waals surface area contributed by atoms with Gasteiger partial charge in [-0.3, -0.25) is 4.79 Å². The second-order valence-corrected chi connectivity index (χ2v) is 4.60. The third kappa shape index (κ3) is 2.50. The average molecular weight is 251 g/mol. The van der Waals surface area contributed by atoms with Gasteiger partial charge in [-0.2, -0.15) is 0 Å². The first kappa shape index (κ1) is 12.5. The van der Waals surface area contributed by atoms with Crippen LogP contribution in [0, 0.1) is 5.82 Å². The van der Waals surface area contributed by atoms with Crippen molar-refractivity contribution in [1.82, 2.24) is 5.32 Å². The molecule has 0 aromatic heterocycles. The number of carboxylic acids is 1. The van der Waals surface area contributed by atoms with E-state index in [4.69, 9.17) is 5.11 Å². The lowest BCUT2D eigenvalue weighted by molar-refractivity contribution is -0.151. The molecule has 96 valence electrons. The molecule has 1 aromatic rings. The Labute approximate surface area is 104 Å². The maximum atomic E-state index is 12.9. The molecule has 0 bridgehead atoms. The molecule has 2 rings (SSSR count). The molecule has 5 heteroatoms. The quantitative estimate of drug-likeness (QED) is 0.852. The van der Waals surface area contributed by atoms with Crippen LogP contribution in [-0.4, -0.2) is 22.5 Å². The van der Waals surface area contributed by atoms with Crippen LogP contribution in [0.2, 0.25) is 0 Å². The van der Waals surface area contributed by atoms with Gasteiger partial charge in [-0.05, 0) is 37.0 Å². The lowest BCUT2D eigenvalue weighted by atomic mass is 9.76. The molecule has 0 aliphatic heterocycles. The van der Waals surface area contributed by atoms with E-state index in [0.29, 0.717) is 18.4 Å². The molecule has 1 amide bonds. The van der Waals surface area contributed by atoms with Crippen molar-refractivity contribution < 1.29 is 19.1 Å². The molecule has 2 N–H and O–H groups in total. The number of rotatable bonds is 4. The van der Waals surface area contributed by atoms with Gasteiger partial charge < -0.3 is 10.4 Å². The van der Waals surface area contributed by atoms with Crippen molar-refractivity contribution in [3.8, 4) is 0 Å². The molecule has 0 atom stereocenters. The van der Waals surface area contributed by atoms with Crippen molar-refractivity contribution in [2.45, 2.75) is 31.2 Å². The number of hydrogen-bond acceptors (Lipinski definition) is 2. The van der Waals surface area contributed by atoms with Crippen molar-refractivity contribution in [2.75, 3.05) is 0 Å². The van der Waals surface area contributed by atoms with Gasteiger partial charge >= 0.3 is 5.97 Å². The topological polar surface area (TPSA) is 66.4 Å². The molecule has 0 unspecified atom stereocenters. The van der Waals surface area contributed by atoms with E-state index >= 15 is 0 Å². The predicted molar refractivity (Wildman–Crippen MR) is 62.5 cm³/mol. The monoisotopic (exact) mass is 251 g/mol. The Balaban J connectivity index is 1.99. The fraction of sp³-hybridized carbons (Fsp3) is 0.385. The zero-order chi connectivity index (χ0) is 13.2. The Kier molecular flexibility index (Phi) is 3.32. The minimum atomic E-state index is -1.11. The summed E-state index contributed by atoms with van der Waals surface area (Å²) in [4.78, 5) is 22.8. The molecular formula is C13H14FNO3. The Bertz CT molecular complexity index is 483. The number of benzene rings is 1. The lowest BCUT2D eigenvalue weighted by Gasteiger charge is -2.38. The van der Waals surface area contributed by atoms with Crippen LogP contribution in [0.3, 0.4) is 0 Å². The van der Waals surface area contributed by atoms with Crippen molar-refractivity contribution in [2.24, 2.45) is 0 Å². The standard InChI is InChI=1S/C13H14FNO3/c14-10-4-1-3-9(7-10)8-11(16)15-13(12(17)18)5-2-6-13/h1,3-4,7H,2,5-6,8H2,(H,15,16)(H,17,18). The molecule has 0 saturated heterocycles. The summed E-state index contributed by atoms with van der Waals surface area (Å²) in [7, 11) is 0. The summed E-state index contributed by atoms with van der Waals surface area (Å²) < 4.78 is 12.9. The van der Waals surface area contributed by atoms with Gasteiger partial charge in [0.25, 0.3) is 0 Å². The summed E-state index contributed by atoms with van der Waals surface area (Å²) in [5, 5.41) is 11.6. The van der Waals surface area contributed by atoms with E-state index in [-0.39, 0.29) is 12.3 Å². The molecular weight excluding hydrogens is 237 g/mol. The van der Waals surface area contributed by atoms with E-state index in [0.717, 1.165) is 6.42 Å². The lowest BCUT2D eigenvalue weighted by Crippen LogP contribution is -2.59. The molecule has 4 nitrogen and oxygen atoms in total. The molecule has 0 heterocycles. The molecule has 1 aliphatic carbocycles. The fourth-order valence-corrected chi connectivity index (χ4v) is 2.07. The Morgan fingerprint density at radius 1 is 1.39 bits per heavy atom. The van der Waals surface area contributed by atoms with Crippen LogP contribution < -0.4 is 5.32 Å². The summed E-state index contributed by atoms with van der Waals surface area (Å²) in [5.41, 5.74) is -0.572. The van der Waals surface area contributed by atoms with Crippen LogP contribution in [0.4, 0.5) is 4.39 Å². The van der Waals surface area contributed by atoms with E-state index in [2.05, 4.69) is 5.32 Å². The van der Waals surface area contributed by atoms with Crippen LogP contribution in [-0.2, 0) is 16.0 Å². The molecule has 1 fully saturated rings. The fourth-order valence-electron chi connectivity index (χ4n) is 2.07. The summed E-state index contributed by atoms with van der Waals surface area (Å²) in [6, 6.07) is 5.73. The minimum Gasteiger partial charge on any atom is -0.480 e. The number of carboxylic acid groups (broad SMARTS) is 1.